The fourth-order valence-electron chi connectivity index (χ4n) is 8.94. The highest BCUT2D eigenvalue weighted by Gasteiger charge is 2.41. The number of rotatable bonds is 34. The average Bonchev–Trinajstić information content (AvgIpc) is 3.32. The van der Waals surface area contributed by atoms with Gasteiger partial charge in [0.1, 0.15) is 19.8 Å². The molecule has 2 N–H and O–H groups in total. The molecule has 1 aromatic rings. The molecule has 2 fully saturated rings. The molecule has 0 spiro atoms. The number of carbonyl (C=O) groups excluding carboxylic acids is 6. The van der Waals surface area contributed by atoms with Gasteiger partial charge in [-0.2, -0.15) is 0 Å². The van der Waals surface area contributed by atoms with Crippen molar-refractivity contribution in [1.82, 2.24) is 10.6 Å². The van der Waals surface area contributed by atoms with E-state index in [0.717, 1.165) is 50.5 Å². The molecule has 3 rings (SSSR count). The highest BCUT2D eigenvalue weighted by atomic mass is 16.7. The molecule has 1 aromatic carbocycles. The van der Waals surface area contributed by atoms with Crippen molar-refractivity contribution in [3.63, 3.8) is 0 Å². The van der Waals surface area contributed by atoms with Gasteiger partial charge in [-0.05, 0) is 87.0 Å². The number of hydrogen-bond acceptors (Lipinski definition) is 13. The Balaban J connectivity index is 1.35. The number of ketones is 1. The number of amides is 2. The molecule has 2 amide bonds. The van der Waals surface area contributed by atoms with Crippen LogP contribution in [0.15, 0.2) is 30.3 Å². The van der Waals surface area contributed by atoms with Crippen LogP contribution in [0.3, 0.4) is 0 Å². The molecule has 15 heteroatoms. The van der Waals surface area contributed by atoms with Gasteiger partial charge < -0.3 is 43.8 Å². The summed E-state index contributed by atoms with van der Waals surface area (Å²) in [7, 11) is 0. The number of Topliss-reactive ketones (excluding diaryl/α,β-unsaturated/α-hetero) is 1. The molecule has 10 unspecified atom stereocenters. The van der Waals surface area contributed by atoms with Crippen LogP contribution in [-0.2, 0) is 68.5 Å². The second-order valence-corrected chi connectivity index (χ2v) is 19.7. The molecule has 11 atom stereocenters. The summed E-state index contributed by atoms with van der Waals surface area (Å²) in [6, 6.07) is 8.97. The van der Waals surface area contributed by atoms with Crippen LogP contribution in [0.4, 0.5) is 0 Å². The lowest BCUT2D eigenvalue weighted by Gasteiger charge is -2.43. The van der Waals surface area contributed by atoms with Crippen molar-refractivity contribution in [2.24, 2.45) is 35.5 Å². The molecule has 2 aliphatic rings. The molecule has 15 nitrogen and oxygen atoms in total. The second-order valence-electron chi connectivity index (χ2n) is 19.7. The minimum absolute atomic E-state index is 0.000385. The van der Waals surface area contributed by atoms with Crippen molar-refractivity contribution in [2.75, 3.05) is 33.0 Å². The summed E-state index contributed by atoms with van der Waals surface area (Å²) in [5, 5.41) is 6.02. The maximum absolute atomic E-state index is 13.5. The molecule has 69 heavy (non-hydrogen) atoms. The van der Waals surface area contributed by atoms with E-state index in [1.807, 2.05) is 30.3 Å². The first-order valence-electron chi connectivity index (χ1n) is 26.2. The van der Waals surface area contributed by atoms with Crippen LogP contribution in [0.2, 0.25) is 0 Å². The zero-order valence-corrected chi connectivity index (χ0v) is 43.3. The Hall–Kier alpha value is -3.92. The van der Waals surface area contributed by atoms with Gasteiger partial charge in [0.2, 0.25) is 11.8 Å². The monoisotopic (exact) mass is 973 g/mol. The summed E-state index contributed by atoms with van der Waals surface area (Å²) in [5.41, 5.74) is 0.948. The van der Waals surface area contributed by atoms with Gasteiger partial charge in [-0.15, -0.1) is 0 Å². The largest absolute Gasteiger partial charge is 0.463 e. The predicted molar refractivity (Wildman–Crippen MR) is 262 cm³/mol. The molecule has 2 heterocycles. The number of unbranched alkanes of at least 4 members (excludes halogenated alkanes) is 8. The fourth-order valence-corrected chi connectivity index (χ4v) is 8.94. The Labute approximate surface area is 413 Å². The smallest absolute Gasteiger partial charge is 0.306 e. The predicted octanol–water partition coefficient (Wildman–Crippen LogP) is 8.96. The third-order valence-corrected chi connectivity index (χ3v) is 14.3. The van der Waals surface area contributed by atoms with Gasteiger partial charge in [0.25, 0.3) is 0 Å². The molecule has 0 radical (unpaired) electrons. The molecule has 0 aromatic heterocycles. The minimum Gasteiger partial charge on any atom is -0.463 e. The molecular weight excluding hydrogens is 885 g/mol. The number of benzene rings is 1. The van der Waals surface area contributed by atoms with Gasteiger partial charge in [0, 0.05) is 71.1 Å². The van der Waals surface area contributed by atoms with E-state index in [2.05, 4.69) is 52.2 Å². The molecule has 0 bridgehead atoms. The van der Waals surface area contributed by atoms with E-state index in [9.17, 15) is 28.8 Å². The maximum atomic E-state index is 13.5. The van der Waals surface area contributed by atoms with Crippen LogP contribution in [0.1, 0.15) is 170 Å². The molecular formula is C54H88N2O13. The Bertz CT molecular complexity index is 1660. The van der Waals surface area contributed by atoms with Crippen LogP contribution in [0.5, 0.6) is 0 Å². The van der Waals surface area contributed by atoms with E-state index >= 15 is 0 Å². The molecule has 392 valence electrons. The minimum atomic E-state index is -0.602. The molecule has 2 saturated heterocycles. The molecule has 0 saturated carbocycles. The SMILES string of the molecule is CC(=O)OCC1OC(OCCCCCC(=O)NCCCC[C@H](NC(=O)CCCCCOC2OC(COC(C)=O)C(C)C(C)C2C)C(=O)CCCCCCC(=O)OCc2ccccc2)C(C)C(C)C1C. The Kier molecular flexibility index (Phi) is 28.9. The van der Waals surface area contributed by atoms with Gasteiger partial charge in [0.15, 0.2) is 18.4 Å². The van der Waals surface area contributed by atoms with Gasteiger partial charge in [-0.1, -0.05) is 97.6 Å². The summed E-state index contributed by atoms with van der Waals surface area (Å²) in [4.78, 5) is 74.2. The summed E-state index contributed by atoms with van der Waals surface area (Å²) in [5.74, 6) is 0.459. The van der Waals surface area contributed by atoms with Crippen molar-refractivity contribution < 1.29 is 61.9 Å². The normalized spacial score (nSPS) is 25.0. The first-order valence-corrected chi connectivity index (χ1v) is 26.2. The van der Waals surface area contributed by atoms with E-state index in [-0.39, 0.29) is 97.5 Å². The summed E-state index contributed by atoms with van der Waals surface area (Å²) in [6.45, 7) is 17.8. The Morgan fingerprint density at radius 3 is 1.57 bits per heavy atom. The van der Waals surface area contributed by atoms with Crippen LogP contribution in [-0.4, -0.2) is 99.3 Å². The fraction of sp³-hybridized carbons (Fsp3) is 0.778. The van der Waals surface area contributed by atoms with E-state index in [1.54, 1.807) is 0 Å². The standard InChI is InChI=1S/C54H88N2O13/c1-37-39(3)48(35-65-43(7)57)68-53(41(37)5)63-32-22-12-17-28-50(60)55-31-21-20-26-46(47(59)27-16-9-10-19-30-52(62)67-34-45-24-14-11-15-25-45)56-51(61)29-18-13-23-33-64-54-42(6)38(2)40(4)49(69-54)36-66-44(8)58/h11,14-15,24-25,37-42,46,48-49,53-54H,9-10,12-13,16-23,26-36H2,1-8H3,(H,55,60)(H,56,61)/t37?,38?,39?,40?,41?,42?,46-,48?,49?,53?,54?/m0/s1. The first-order chi connectivity index (χ1) is 33.1. The Morgan fingerprint density at radius 1 is 0.536 bits per heavy atom. The van der Waals surface area contributed by atoms with E-state index in [1.165, 1.54) is 13.8 Å². The number of carbonyl (C=O) groups is 6. The van der Waals surface area contributed by atoms with Gasteiger partial charge in [0.05, 0.1) is 18.2 Å². The van der Waals surface area contributed by atoms with Crippen molar-refractivity contribution in [2.45, 2.75) is 202 Å². The van der Waals surface area contributed by atoms with Crippen molar-refractivity contribution >= 4 is 35.5 Å². The van der Waals surface area contributed by atoms with Crippen molar-refractivity contribution in [1.29, 1.82) is 0 Å². The van der Waals surface area contributed by atoms with Crippen molar-refractivity contribution in [3.05, 3.63) is 35.9 Å². The van der Waals surface area contributed by atoms with E-state index in [4.69, 9.17) is 33.2 Å². The van der Waals surface area contributed by atoms with Crippen LogP contribution in [0.25, 0.3) is 0 Å². The topological polar surface area (TPSA) is 191 Å². The zero-order chi connectivity index (χ0) is 50.6. The van der Waals surface area contributed by atoms with E-state index < -0.39 is 12.3 Å². The molecule has 0 aliphatic carbocycles. The summed E-state index contributed by atoms with van der Waals surface area (Å²) >= 11 is 0. The number of nitrogens with one attached hydrogen (secondary N) is 2. The highest BCUT2D eigenvalue weighted by molar-refractivity contribution is 5.89. The lowest BCUT2D eigenvalue weighted by Crippen LogP contribution is -2.47. The quantitative estimate of drug-likeness (QED) is 0.0378. The number of hydrogen-bond donors (Lipinski definition) is 2. The third-order valence-electron chi connectivity index (χ3n) is 14.3. The zero-order valence-electron chi connectivity index (χ0n) is 43.3. The van der Waals surface area contributed by atoms with Gasteiger partial charge in [-0.3, -0.25) is 28.8 Å². The van der Waals surface area contributed by atoms with Crippen molar-refractivity contribution in [3.8, 4) is 0 Å². The average molecular weight is 973 g/mol. The summed E-state index contributed by atoms with van der Waals surface area (Å²) < 4.78 is 40.4. The van der Waals surface area contributed by atoms with Crippen LogP contribution in [0, 0.1) is 35.5 Å². The van der Waals surface area contributed by atoms with E-state index in [0.29, 0.717) is 95.8 Å². The second kappa shape index (κ2) is 33.6. The lowest BCUT2D eigenvalue weighted by molar-refractivity contribution is -0.255. The lowest BCUT2D eigenvalue weighted by atomic mass is 9.79. The van der Waals surface area contributed by atoms with Crippen LogP contribution < -0.4 is 10.6 Å². The first kappa shape index (κ1) is 59.4. The number of ether oxygens (including phenoxy) is 7. The molecule has 2 aliphatic heterocycles. The van der Waals surface area contributed by atoms with Gasteiger partial charge >= 0.3 is 17.9 Å². The maximum Gasteiger partial charge on any atom is 0.306 e. The van der Waals surface area contributed by atoms with Gasteiger partial charge in [-0.25, -0.2) is 0 Å². The Morgan fingerprint density at radius 2 is 1.03 bits per heavy atom. The highest BCUT2D eigenvalue weighted by Crippen LogP contribution is 2.37. The third kappa shape index (κ3) is 23.7. The van der Waals surface area contributed by atoms with Crippen LogP contribution >= 0.6 is 0 Å². The number of esters is 3. The summed E-state index contributed by atoms with van der Waals surface area (Å²) in [6.07, 6.45) is 9.52.